The molecule has 1 heterocycles. The summed E-state index contributed by atoms with van der Waals surface area (Å²) in [4.78, 5) is 25.8. The number of halogens is 2. The predicted molar refractivity (Wildman–Crippen MR) is 77.5 cm³/mol. The zero-order valence-electron chi connectivity index (χ0n) is 11.9. The zero-order chi connectivity index (χ0) is 16.3. The number of esters is 1. The van der Waals surface area contributed by atoms with E-state index in [2.05, 4.69) is 4.74 Å². The molecule has 1 amide bonds. The summed E-state index contributed by atoms with van der Waals surface area (Å²) in [5.41, 5.74) is -0.251. The molecule has 1 atom stereocenters. The third kappa shape index (κ3) is 3.14. The lowest BCUT2D eigenvalue weighted by Crippen LogP contribution is -2.36. The Morgan fingerprint density at radius 3 is 2.59 bits per heavy atom. The van der Waals surface area contributed by atoms with Crippen molar-refractivity contribution in [2.24, 2.45) is 0 Å². The van der Waals surface area contributed by atoms with Crippen molar-refractivity contribution in [3.05, 3.63) is 57.8 Å². The first-order valence-corrected chi connectivity index (χ1v) is 7.17. The number of amides is 1. The van der Waals surface area contributed by atoms with Crippen LogP contribution in [0.25, 0.3) is 0 Å². The summed E-state index contributed by atoms with van der Waals surface area (Å²) < 4.78 is 32.0. The summed E-state index contributed by atoms with van der Waals surface area (Å²) in [6.45, 7) is 0. The quantitative estimate of drug-likeness (QED) is 0.812. The average molecular weight is 325 g/mol. The standard InChI is InChI=1S/C15H13F2NO3S/c1-18(14(19)12-4-3-7-22-12)13(15(20)21-2)10-8-9(16)5-6-11(10)17/h3-8,13H,1-2H3/t13-/m0/s1. The molecule has 0 aliphatic heterocycles. The highest BCUT2D eigenvalue weighted by Crippen LogP contribution is 2.27. The SMILES string of the molecule is COC(=O)[C@H](c1cc(F)ccc1F)N(C)C(=O)c1cccs1. The van der Waals surface area contributed by atoms with Crippen LogP contribution < -0.4 is 0 Å². The van der Waals surface area contributed by atoms with Crippen molar-refractivity contribution >= 4 is 23.2 Å². The van der Waals surface area contributed by atoms with Gasteiger partial charge in [0.15, 0.2) is 6.04 Å². The molecule has 0 N–H and O–H groups in total. The molecule has 2 aromatic rings. The molecule has 2 rings (SSSR count). The van der Waals surface area contributed by atoms with Crippen LogP contribution in [0.1, 0.15) is 21.3 Å². The number of hydrogen-bond acceptors (Lipinski definition) is 4. The number of ether oxygens (including phenoxy) is 1. The van der Waals surface area contributed by atoms with E-state index in [4.69, 9.17) is 0 Å². The van der Waals surface area contributed by atoms with Crippen LogP contribution in [-0.2, 0) is 9.53 Å². The minimum atomic E-state index is -1.37. The van der Waals surface area contributed by atoms with Crippen LogP contribution in [0.15, 0.2) is 35.7 Å². The molecular weight excluding hydrogens is 312 g/mol. The Kier molecular flexibility index (Phi) is 4.87. The summed E-state index contributed by atoms with van der Waals surface area (Å²) in [6.07, 6.45) is 0. The van der Waals surface area contributed by atoms with E-state index in [9.17, 15) is 18.4 Å². The lowest BCUT2D eigenvalue weighted by Gasteiger charge is -2.26. The maximum atomic E-state index is 14.0. The van der Waals surface area contributed by atoms with Gasteiger partial charge in [-0.15, -0.1) is 11.3 Å². The Bertz CT molecular complexity index is 688. The van der Waals surface area contributed by atoms with Gasteiger partial charge in [-0.1, -0.05) is 6.07 Å². The van der Waals surface area contributed by atoms with Crippen LogP contribution in [0.4, 0.5) is 8.78 Å². The van der Waals surface area contributed by atoms with E-state index in [0.29, 0.717) is 4.88 Å². The van der Waals surface area contributed by atoms with Crippen LogP contribution in [0.3, 0.4) is 0 Å². The van der Waals surface area contributed by atoms with Crippen molar-refractivity contribution in [3.8, 4) is 0 Å². The molecule has 4 nitrogen and oxygen atoms in total. The van der Waals surface area contributed by atoms with Gasteiger partial charge < -0.3 is 9.64 Å². The lowest BCUT2D eigenvalue weighted by atomic mass is 10.0. The minimum Gasteiger partial charge on any atom is -0.467 e. The van der Waals surface area contributed by atoms with Gasteiger partial charge in [-0.05, 0) is 29.6 Å². The number of thiophene rings is 1. The topological polar surface area (TPSA) is 46.6 Å². The molecular formula is C15H13F2NO3S. The molecule has 0 fully saturated rings. The number of carbonyl (C=O) groups excluding carboxylic acids is 2. The number of rotatable bonds is 4. The Balaban J connectivity index is 2.44. The molecule has 0 unspecified atom stereocenters. The summed E-state index contributed by atoms with van der Waals surface area (Å²) in [5.74, 6) is -2.82. The monoisotopic (exact) mass is 325 g/mol. The maximum Gasteiger partial charge on any atom is 0.333 e. The Morgan fingerprint density at radius 2 is 2.00 bits per heavy atom. The lowest BCUT2D eigenvalue weighted by molar-refractivity contribution is -0.146. The van der Waals surface area contributed by atoms with Gasteiger partial charge in [0.1, 0.15) is 11.6 Å². The molecule has 0 saturated carbocycles. The third-order valence-corrected chi connectivity index (χ3v) is 3.97. The van der Waals surface area contributed by atoms with Gasteiger partial charge in [0.2, 0.25) is 0 Å². The number of likely N-dealkylation sites (N-methyl/N-ethyl adjacent to an activating group) is 1. The van der Waals surface area contributed by atoms with Crippen LogP contribution in [0, 0.1) is 11.6 Å². The van der Waals surface area contributed by atoms with E-state index >= 15 is 0 Å². The van der Waals surface area contributed by atoms with E-state index in [-0.39, 0.29) is 5.56 Å². The van der Waals surface area contributed by atoms with Gasteiger partial charge >= 0.3 is 5.97 Å². The Hall–Kier alpha value is -2.28. The second-order valence-corrected chi connectivity index (χ2v) is 5.43. The van der Waals surface area contributed by atoms with Gasteiger partial charge in [0, 0.05) is 12.6 Å². The molecule has 0 saturated heterocycles. The first kappa shape index (κ1) is 16.1. The van der Waals surface area contributed by atoms with Crippen molar-refractivity contribution in [3.63, 3.8) is 0 Å². The number of hydrogen-bond donors (Lipinski definition) is 0. The van der Waals surface area contributed by atoms with E-state index in [1.54, 1.807) is 17.5 Å². The average Bonchev–Trinajstić information content (AvgIpc) is 3.04. The van der Waals surface area contributed by atoms with Crippen molar-refractivity contribution in [1.82, 2.24) is 4.90 Å². The molecule has 1 aromatic carbocycles. The van der Waals surface area contributed by atoms with E-state index in [1.807, 2.05) is 0 Å². The summed E-state index contributed by atoms with van der Waals surface area (Å²) in [5, 5.41) is 1.71. The first-order valence-electron chi connectivity index (χ1n) is 6.29. The van der Waals surface area contributed by atoms with Crippen LogP contribution in [-0.4, -0.2) is 30.9 Å². The smallest absolute Gasteiger partial charge is 0.333 e. The summed E-state index contributed by atoms with van der Waals surface area (Å²) in [7, 11) is 2.46. The van der Waals surface area contributed by atoms with Crippen molar-refractivity contribution in [1.29, 1.82) is 0 Å². The third-order valence-electron chi connectivity index (χ3n) is 3.12. The second kappa shape index (κ2) is 6.65. The molecule has 7 heteroatoms. The van der Waals surface area contributed by atoms with E-state index in [1.165, 1.54) is 18.4 Å². The van der Waals surface area contributed by atoms with Gasteiger partial charge in [0.25, 0.3) is 5.91 Å². The van der Waals surface area contributed by atoms with Gasteiger partial charge in [-0.25, -0.2) is 13.6 Å². The van der Waals surface area contributed by atoms with Crippen molar-refractivity contribution < 1.29 is 23.1 Å². The largest absolute Gasteiger partial charge is 0.467 e. The van der Waals surface area contributed by atoms with Crippen LogP contribution >= 0.6 is 11.3 Å². The predicted octanol–water partition coefficient (Wildman–Crippen LogP) is 3.01. The van der Waals surface area contributed by atoms with Crippen molar-refractivity contribution in [2.75, 3.05) is 14.2 Å². The zero-order valence-corrected chi connectivity index (χ0v) is 12.7. The van der Waals surface area contributed by atoms with E-state index < -0.39 is 29.6 Å². The number of methoxy groups -OCH3 is 1. The Labute approximate surface area is 129 Å². The fourth-order valence-electron chi connectivity index (χ4n) is 2.02. The van der Waals surface area contributed by atoms with Crippen LogP contribution in [0.2, 0.25) is 0 Å². The fraction of sp³-hybridized carbons (Fsp3) is 0.200. The summed E-state index contributed by atoms with van der Waals surface area (Å²) in [6, 6.07) is 4.63. The second-order valence-electron chi connectivity index (χ2n) is 4.48. The molecule has 0 bridgehead atoms. The van der Waals surface area contributed by atoms with Gasteiger partial charge in [0.05, 0.1) is 12.0 Å². The molecule has 22 heavy (non-hydrogen) atoms. The van der Waals surface area contributed by atoms with Gasteiger partial charge in [-0.2, -0.15) is 0 Å². The Morgan fingerprint density at radius 1 is 1.27 bits per heavy atom. The molecule has 0 aliphatic rings. The summed E-state index contributed by atoms with van der Waals surface area (Å²) >= 11 is 1.19. The van der Waals surface area contributed by atoms with Gasteiger partial charge in [-0.3, -0.25) is 4.79 Å². The molecule has 0 aliphatic carbocycles. The molecule has 116 valence electrons. The van der Waals surface area contributed by atoms with Crippen molar-refractivity contribution in [2.45, 2.75) is 6.04 Å². The molecule has 0 radical (unpaired) electrons. The minimum absolute atomic E-state index is 0.251. The number of nitrogens with zero attached hydrogens (tertiary/aromatic N) is 1. The number of carbonyl (C=O) groups is 2. The molecule has 1 aromatic heterocycles. The highest BCUT2D eigenvalue weighted by atomic mass is 32.1. The molecule has 0 spiro atoms. The maximum absolute atomic E-state index is 14.0. The normalized spacial score (nSPS) is 11.8. The number of benzene rings is 1. The van der Waals surface area contributed by atoms with Crippen LogP contribution in [0.5, 0.6) is 0 Å². The highest BCUT2D eigenvalue weighted by molar-refractivity contribution is 7.12. The first-order chi connectivity index (χ1) is 10.5. The highest BCUT2D eigenvalue weighted by Gasteiger charge is 2.32. The fourth-order valence-corrected chi connectivity index (χ4v) is 2.73. The van der Waals surface area contributed by atoms with E-state index in [0.717, 1.165) is 30.2 Å².